The molecule has 6 nitrogen and oxygen atoms in total. The number of methoxy groups -OCH3 is 1. The molecule has 2 N–H and O–H groups in total. The van der Waals surface area contributed by atoms with Crippen LogP contribution in [0.1, 0.15) is 18.1 Å². The molecule has 0 amide bonds. The predicted octanol–water partition coefficient (Wildman–Crippen LogP) is 3.71. The number of nitrogens with zero attached hydrogens (tertiary/aromatic N) is 1. The molecule has 0 saturated carbocycles. The SMILES string of the molecule is COCc1cc([N+](=O)[O-])ccc1NCC(C)(O)c1ccccc1Cl. The highest BCUT2D eigenvalue weighted by Gasteiger charge is 2.25. The Morgan fingerprint density at radius 3 is 2.67 bits per heavy atom. The Morgan fingerprint density at radius 2 is 2.04 bits per heavy atom. The molecule has 2 rings (SSSR count). The third-order valence-electron chi connectivity index (χ3n) is 3.68. The van der Waals surface area contributed by atoms with E-state index in [0.717, 1.165) is 0 Å². The molecule has 1 atom stereocenters. The summed E-state index contributed by atoms with van der Waals surface area (Å²) in [5.41, 5.74) is 0.695. The Hall–Kier alpha value is -2.15. The third-order valence-corrected chi connectivity index (χ3v) is 4.01. The second kappa shape index (κ2) is 7.61. The average molecular weight is 351 g/mol. The zero-order chi connectivity index (χ0) is 17.7. The molecule has 0 aliphatic carbocycles. The maximum atomic E-state index is 10.9. The molecule has 0 aliphatic heterocycles. The summed E-state index contributed by atoms with van der Waals surface area (Å²) in [6.07, 6.45) is 0. The lowest BCUT2D eigenvalue weighted by Gasteiger charge is -2.26. The summed E-state index contributed by atoms with van der Waals surface area (Å²) in [6, 6.07) is 11.5. The van der Waals surface area contributed by atoms with Crippen molar-refractivity contribution in [3.05, 3.63) is 68.7 Å². The summed E-state index contributed by atoms with van der Waals surface area (Å²) in [4.78, 5) is 10.4. The number of benzene rings is 2. The number of rotatable bonds is 7. The van der Waals surface area contributed by atoms with Crippen LogP contribution in [0.4, 0.5) is 11.4 Å². The molecule has 0 aliphatic rings. The molecule has 2 aromatic rings. The summed E-state index contributed by atoms with van der Waals surface area (Å²) < 4.78 is 5.09. The molecule has 24 heavy (non-hydrogen) atoms. The van der Waals surface area contributed by atoms with E-state index in [1.807, 2.05) is 0 Å². The normalized spacial score (nSPS) is 13.3. The van der Waals surface area contributed by atoms with Crippen molar-refractivity contribution in [1.82, 2.24) is 0 Å². The lowest BCUT2D eigenvalue weighted by atomic mass is 9.95. The number of nitro benzene ring substituents is 1. The van der Waals surface area contributed by atoms with Gasteiger partial charge in [0.1, 0.15) is 5.60 Å². The van der Waals surface area contributed by atoms with Gasteiger partial charge < -0.3 is 15.2 Å². The lowest BCUT2D eigenvalue weighted by Crippen LogP contribution is -2.31. The Kier molecular flexibility index (Phi) is 5.77. The zero-order valence-corrected chi connectivity index (χ0v) is 14.2. The van der Waals surface area contributed by atoms with E-state index in [0.29, 0.717) is 21.8 Å². The smallest absolute Gasteiger partial charge is 0.269 e. The first-order chi connectivity index (χ1) is 11.3. The van der Waals surface area contributed by atoms with Crippen LogP contribution in [-0.4, -0.2) is 23.7 Å². The first kappa shape index (κ1) is 18.2. The third kappa shape index (κ3) is 4.23. The quantitative estimate of drug-likeness (QED) is 0.587. The Labute approximate surface area is 145 Å². The van der Waals surface area contributed by atoms with Crippen LogP contribution in [-0.2, 0) is 16.9 Å². The van der Waals surface area contributed by atoms with E-state index in [1.165, 1.54) is 19.2 Å². The Balaban J connectivity index is 2.21. The number of ether oxygens (including phenoxy) is 1. The van der Waals surface area contributed by atoms with E-state index in [-0.39, 0.29) is 18.8 Å². The minimum absolute atomic E-state index is 0.00883. The van der Waals surface area contributed by atoms with Crippen molar-refractivity contribution in [2.24, 2.45) is 0 Å². The molecular weight excluding hydrogens is 332 g/mol. The number of anilines is 1. The van der Waals surface area contributed by atoms with E-state index >= 15 is 0 Å². The largest absolute Gasteiger partial charge is 0.384 e. The summed E-state index contributed by atoms with van der Waals surface area (Å²) in [7, 11) is 1.52. The number of non-ortho nitro benzene ring substituents is 1. The second-order valence-electron chi connectivity index (χ2n) is 5.64. The molecule has 0 radical (unpaired) electrons. The summed E-state index contributed by atoms with van der Waals surface area (Å²) in [6.45, 7) is 2.06. The molecule has 0 aromatic heterocycles. The average Bonchev–Trinajstić information content (AvgIpc) is 2.54. The molecule has 128 valence electrons. The molecule has 0 heterocycles. The highest BCUT2D eigenvalue weighted by Crippen LogP contribution is 2.29. The number of hydrogen-bond donors (Lipinski definition) is 2. The van der Waals surface area contributed by atoms with Gasteiger partial charge in [-0.2, -0.15) is 0 Å². The van der Waals surface area contributed by atoms with Gasteiger partial charge in [0, 0.05) is 47.6 Å². The van der Waals surface area contributed by atoms with Crippen LogP contribution >= 0.6 is 11.6 Å². The monoisotopic (exact) mass is 350 g/mol. The van der Waals surface area contributed by atoms with Crippen LogP contribution in [0.25, 0.3) is 0 Å². The van der Waals surface area contributed by atoms with Gasteiger partial charge in [-0.1, -0.05) is 29.8 Å². The maximum absolute atomic E-state index is 10.9. The van der Waals surface area contributed by atoms with Crippen molar-refractivity contribution in [3.8, 4) is 0 Å². The number of nitrogens with one attached hydrogen (secondary N) is 1. The first-order valence-corrected chi connectivity index (χ1v) is 7.70. The standard InChI is InChI=1S/C17H19ClN2O4/c1-17(21,14-5-3-4-6-15(14)18)11-19-16-8-7-13(20(22)23)9-12(16)10-24-2/h3-9,19,21H,10-11H2,1-2H3. The topological polar surface area (TPSA) is 84.6 Å². The van der Waals surface area contributed by atoms with Crippen molar-refractivity contribution in [2.45, 2.75) is 19.1 Å². The van der Waals surface area contributed by atoms with Gasteiger partial charge in [-0.05, 0) is 19.1 Å². The van der Waals surface area contributed by atoms with Gasteiger partial charge >= 0.3 is 0 Å². The molecule has 0 saturated heterocycles. The summed E-state index contributed by atoms with van der Waals surface area (Å²) in [5, 5.41) is 25.2. The van der Waals surface area contributed by atoms with Gasteiger partial charge in [0.05, 0.1) is 11.5 Å². The molecule has 0 bridgehead atoms. The minimum Gasteiger partial charge on any atom is -0.384 e. The molecule has 0 spiro atoms. The number of halogens is 1. The van der Waals surface area contributed by atoms with Gasteiger partial charge in [0.2, 0.25) is 0 Å². The van der Waals surface area contributed by atoms with Crippen molar-refractivity contribution in [2.75, 3.05) is 19.0 Å². The van der Waals surface area contributed by atoms with Crippen LogP contribution < -0.4 is 5.32 Å². The highest BCUT2D eigenvalue weighted by atomic mass is 35.5. The highest BCUT2D eigenvalue weighted by molar-refractivity contribution is 6.31. The number of hydrogen-bond acceptors (Lipinski definition) is 5. The van der Waals surface area contributed by atoms with E-state index in [9.17, 15) is 15.2 Å². The van der Waals surface area contributed by atoms with Crippen molar-refractivity contribution in [1.29, 1.82) is 0 Å². The van der Waals surface area contributed by atoms with E-state index < -0.39 is 10.5 Å². The maximum Gasteiger partial charge on any atom is 0.269 e. The molecule has 7 heteroatoms. The first-order valence-electron chi connectivity index (χ1n) is 7.32. The van der Waals surface area contributed by atoms with E-state index in [1.54, 1.807) is 37.3 Å². The van der Waals surface area contributed by atoms with Crippen molar-refractivity contribution >= 4 is 23.0 Å². The number of aliphatic hydroxyl groups is 1. The van der Waals surface area contributed by atoms with Crippen LogP contribution in [0, 0.1) is 10.1 Å². The van der Waals surface area contributed by atoms with Crippen molar-refractivity contribution in [3.63, 3.8) is 0 Å². The lowest BCUT2D eigenvalue weighted by molar-refractivity contribution is -0.384. The van der Waals surface area contributed by atoms with Gasteiger partial charge in [0.25, 0.3) is 5.69 Å². The fourth-order valence-corrected chi connectivity index (χ4v) is 2.74. The summed E-state index contributed by atoms with van der Waals surface area (Å²) in [5.74, 6) is 0. The predicted molar refractivity (Wildman–Crippen MR) is 93.3 cm³/mol. The van der Waals surface area contributed by atoms with Gasteiger partial charge in [-0.3, -0.25) is 10.1 Å². The molecule has 1 unspecified atom stereocenters. The van der Waals surface area contributed by atoms with Crippen LogP contribution in [0.15, 0.2) is 42.5 Å². The molecule has 0 fully saturated rings. The zero-order valence-electron chi connectivity index (χ0n) is 13.5. The molecule has 2 aromatic carbocycles. The fourth-order valence-electron chi connectivity index (χ4n) is 2.40. The van der Waals surface area contributed by atoms with Crippen LogP contribution in [0.5, 0.6) is 0 Å². The fraction of sp³-hybridized carbons (Fsp3) is 0.294. The Morgan fingerprint density at radius 1 is 1.33 bits per heavy atom. The van der Waals surface area contributed by atoms with E-state index in [4.69, 9.17) is 16.3 Å². The van der Waals surface area contributed by atoms with E-state index in [2.05, 4.69) is 5.32 Å². The summed E-state index contributed by atoms with van der Waals surface area (Å²) >= 11 is 6.14. The van der Waals surface area contributed by atoms with Crippen molar-refractivity contribution < 1.29 is 14.8 Å². The number of nitro groups is 1. The van der Waals surface area contributed by atoms with Crippen LogP contribution in [0.2, 0.25) is 5.02 Å². The minimum atomic E-state index is -1.20. The van der Waals surface area contributed by atoms with Gasteiger partial charge in [-0.25, -0.2) is 0 Å². The second-order valence-corrected chi connectivity index (χ2v) is 6.05. The van der Waals surface area contributed by atoms with Crippen LogP contribution in [0.3, 0.4) is 0 Å². The van der Waals surface area contributed by atoms with Gasteiger partial charge in [-0.15, -0.1) is 0 Å². The van der Waals surface area contributed by atoms with Gasteiger partial charge in [0.15, 0.2) is 0 Å². The Bertz CT molecular complexity index is 734. The molecular formula is C17H19ClN2O4.